The third kappa shape index (κ3) is 20.3. The summed E-state index contributed by atoms with van der Waals surface area (Å²) in [5.41, 5.74) is 4.27. The monoisotopic (exact) mass is 999 g/mol. The number of nitrogen functional groups attached to an aromatic ring is 1. The van der Waals surface area contributed by atoms with E-state index in [1.165, 1.54) is 39.2 Å². The van der Waals surface area contributed by atoms with Crippen LogP contribution in [0.1, 0.15) is 84.8 Å². The van der Waals surface area contributed by atoms with Crippen LogP contribution in [0, 0.1) is 5.41 Å². The zero-order valence-electron chi connectivity index (χ0n) is 36.2. The summed E-state index contributed by atoms with van der Waals surface area (Å²) in [6, 6.07) is 0. The number of anilines is 1. The zero-order chi connectivity index (χ0) is 48.3. The minimum Gasteiger partial charge on any atom is -0.386 e. The Labute approximate surface area is 380 Å². The highest BCUT2D eigenvalue weighted by atomic mass is 32.2. The number of hydrogen-bond acceptors (Lipinski definition) is 18. The van der Waals surface area contributed by atoms with E-state index in [0.29, 0.717) is 5.75 Å². The van der Waals surface area contributed by atoms with E-state index in [1.54, 1.807) is 0 Å². The maximum atomic E-state index is 12.7. The van der Waals surface area contributed by atoms with Gasteiger partial charge >= 0.3 is 23.5 Å². The molecule has 10 N–H and O–H groups in total. The van der Waals surface area contributed by atoms with Gasteiger partial charge in [-0.1, -0.05) is 75.8 Å². The van der Waals surface area contributed by atoms with E-state index in [0.717, 1.165) is 61.1 Å². The first-order valence-corrected chi connectivity index (χ1v) is 26.1. The average Bonchev–Trinajstić information content (AvgIpc) is 3.79. The maximum absolute atomic E-state index is 12.7. The predicted molar refractivity (Wildman–Crippen MR) is 237 cm³/mol. The van der Waals surface area contributed by atoms with Gasteiger partial charge in [0.05, 0.1) is 19.5 Å². The lowest BCUT2D eigenvalue weighted by Gasteiger charge is -2.30. The van der Waals surface area contributed by atoms with Crippen molar-refractivity contribution in [1.29, 1.82) is 0 Å². The number of imidazole rings is 1. The van der Waals surface area contributed by atoms with E-state index < -0.39 is 84.6 Å². The molecule has 1 aliphatic heterocycles. The number of hydrogen-bond donors (Lipinski definition) is 9. The van der Waals surface area contributed by atoms with Gasteiger partial charge in [-0.05, 0) is 44.6 Å². The number of unbranched alkanes of at least 4 members (excludes halogenated alkanes) is 5. The van der Waals surface area contributed by atoms with Crippen LogP contribution in [-0.4, -0.2) is 123 Å². The fourth-order valence-corrected chi connectivity index (χ4v) is 9.31. The van der Waals surface area contributed by atoms with Crippen LogP contribution in [0.3, 0.4) is 0 Å². The van der Waals surface area contributed by atoms with Gasteiger partial charge in [-0.25, -0.2) is 28.6 Å². The smallest absolute Gasteiger partial charge is 0.386 e. The Hall–Kier alpha value is -3.22. The van der Waals surface area contributed by atoms with Crippen LogP contribution in [-0.2, 0) is 50.7 Å². The number of thioether (sulfide) groups is 1. The van der Waals surface area contributed by atoms with Crippen molar-refractivity contribution in [1.82, 2.24) is 30.2 Å². The number of amides is 2. The molecule has 7 atom stereocenters. The van der Waals surface area contributed by atoms with Gasteiger partial charge in [0.15, 0.2) is 17.7 Å². The second-order valence-corrected chi connectivity index (χ2v) is 20.6. The predicted octanol–water partition coefficient (Wildman–Crippen LogP) is 3.47. The molecule has 2 unspecified atom stereocenters. The number of rotatable bonds is 30. The van der Waals surface area contributed by atoms with E-state index in [9.17, 15) is 57.9 Å². The zero-order valence-corrected chi connectivity index (χ0v) is 39.7. The second kappa shape index (κ2) is 26.9. The molecule has 28 heteroatoms. The van der Waals surface area contributed by atoms with Crippen LogP contribution < -0.4 is 16.4 Å². The van der Waals surface area contributed by atoms with E-state index >= 15 is 0 Å². The van der Waals surface area contributed by atoms with Crippen LogP contribution in [0.4, 0.5) is 5.82 Å². The Bertz CT molecular complexity index is 2100. The molecule has 2 aromatic rings. The average molecular weight is 1000 g/mol. The molecule has 0 aromatic carbocycles. The molecule has 65 heavy (non-hydrogen) atoms. The van der Waals surface area contributed by atoms with Gasteiger partial charge < -0.3 is 50.9 Å². The number of nitrogens with zero attached hydrogens (tertiary/aromatic N) is 4. The van der Waals surface area contributed by atoms with Gasteiger partial charge in [0, 0.05) is 30.7 Å². The number of nitrogens with two attached hydrogens (primary N) is 1. The van der Waals surface area contributed by atoms with E-state index in [4.69, 9.17) is 19.5 Å². The minimum atomic E-state index is -5.58. The van der Waals surface area contributed by atoms with Crippen molar-refractivity contribution in [3.05, 3.63) is 49.1 Å². The fourth-order valence-electron chi connectivity index (χ4n) is 5.88. The molecular formula is C37H60N7O17P3S. The first kappa shape index (κ1) is 56.1. The van der Waals surface area contributed by atoms with Crippen molar-refractivity contribution >= 4 is 69.1 Å². The summed E-state index contributed by atoms with van der Waals surface area (Å²) in [7, 11) is -16.4. The molecule has 366 valence electrons. The van der Waals surface area contributed by atoms with E-state index in [1.807, 2.05) is 6.08 Å². The van der Waals surface area contributed by atoms with Crippen LogP contribution >= 0.6 is 35.2 Å². The quantitative estimate of drug-likeness (QED) is 0.0234. The van der Waals surface area contributed by atoms with Crippen LogP contribution in [0.5, 0.6) is 0 Å². The standard InChI is InChI=1S/C37H60N7O17P3S/c1-4-5-6-7-8-9-10-11-12-13-14-15-16-17-28(46)65-21-20-39-27(45)18-19-40-35(49)32(48)37(2,3)23-58-64(55,56)61-63(53,54)57-22-26-31(60-62(50,51)52)30(47)36(59-26)44-25-43-29-33(38)41-24-42-34(29)44/h8-9,11-12,16-17,24-26,30-32,36,47-48H,4-7,10,13-15,18-23H2,1-3H3,(H,39,45)(H,40,49)(H,53,54)(H,55,56)(H2,38,41,42)(H2,50,51,52)/b9-8-,12-11-,17-16+/t26-,30-,31-,32+,36-/m1/s1. The molecular weight excluding hydrogens is 939 g/mol. The number of fused-ring (bicyclic) bond motifs is 1. The molecule has 2 aromatic heterocycles. The summed E-state index contributed by atoms with van der Waals surface area (Å²) in [5.74, 6) is -1.13. The molecule has 0 radical (unpaired) electrons. The number of carbonyl (C=O) groups is 3. The lowest BCUT2D eigenvalue weighted by Crippen LogP contribution is -2.46. The number of ether oxygens (including phenoxy) is 1. The summed E-state index contributed by atoms with van der Waals surface area (Å²) in [5, 5.41) is 26.4. The number of aromatic nitrogens is 4. The maximum Gasteiger partial charge on any atom is 0.481 e. The molecule has 0 spiro atoms. The molecule has 3 rings (SSSR count). The van der Waals surface area contributed by atoms with Crippen LogP contribution in [0.15, 0.2) is 49.1 Å². The molecule has 3 heterocycles. The van der Waals surface area contributed by atoms with Gasteiger partial charge in [-0.2, -0.15) is 4.31 Å². The molecule has 24 nitrogen and oxygen atoms in total. The van der Waals surface area contributed by atoms with Crippen molar-refractivity contribution in [2.45, 2.75) is 109 Å². The summed E-state index contributed by atoms with van der Waals surface area (Å²) < 4.78 is 62.3. The van der Waals surface area contributed by atoms with Crippen molar-refractivity contribution < 1.29 is 80.5 Å². The van der Waals surface area contributed by atoms with Crippen molar-refractivity contribution in [3.63, 3.8) is 0 Å². The third-order valence-corrected chi connectivity index (χ3v) is 13.3. The largest absolute Gasteiger partial charge is 0.481 e. The van der Waals surface area contributed by atoms with Gasteiger partial charge in [-0.3, -0.25) is 32.5 Å². The number of aliphatic hydroxyl groups is 2. The van der Waals surface area contributed by atoms with Gasteiger partial charge in [0.1, 0.15) is 36.3 Å². The van der Waals surface area contributed by atoms with Gasteiger partial charge in [-0.15, -0.1) is 0 Å². The summed E-state index contributed by atoms with van der Waals surface area (Å²) in [4.78, 5) is 88.1. The number of allylic oxidation sites excluding steroid dienone is 5. The highest BCUT2D eigenvalue weighted by Crippen LogP contribution is 2.61. The highest BCUT2D eigenvalue weighted by Gasteiger charge is 2.50. The molecule has 1 aliphatic rings. The summed E-state index contributed by atoms with van der Waals surface area (Å²) >= 11 is 1.05. The Morgan fingerprint density at radius 3 is 2.32 bits per heavy atom. The number of phosphoric ester groups is 3. The van der Waals surface area contributed by atoms with E-state index in [2.05, 4.69) is 65.6 Å². The Kier molecular flexibility index (Phi) is 23.3. The summed E-state index contributed by atoms with van der Waals surface area (Å²) in [6.07, 6.45) is 13.4. The Morgan fingerprint density at radius 2 is 1.63 bits per heavy atom. The topological polar surface area (TPSA) is 364 Å². The third-order valence-electron chi connectivity index (χ3n) is 9.32. The molecule has 0 aliphatic carbocycles. The van der Waals surface area contributed by atoms with Gasteiger partial charge in [0.25, 0.3) is 0 Å². The number of carbonyl (C=O) groups excluding carboxylic acids is 3. The number of phosphoric acid groups is 3. The van der Waals surface area contributed by atoms with Crippen molar-refractivity contribution in [2.75, 3.05) is 37.8 Å². The SMILES string of the molecule is CCCCC/C=C\C/C=C\CCC/C=C/C(=O)SCCNC(=O)CCNC(=O)[C@H](O)C(C)(C)COP(=O)(O)OP(=O)(O)OC[C@H]1O[C@@H](n2cnc3c(N)ncnc32)[C@H](O)[C@@H]1OP(=O)(O)O. The second-order valence-electron chi connectivity index (χ2n) is 15.2. The minimum absolute atomic E-state index is 0.0303. The lowest BCUT2D eigenvalue weighted by molar-refractivity contribution is -0.137. The first-order valence-electron chi connectivity index (χ1n) is 20.6. The first-order chi connectivity index (χ1) is 30.6. The molecule has 0 saturated carbocycles. The summed E-state index contributed by atoms with van der Waals surface area (Å²) in [6.45, 7) is 2.67. The van der Waals surface area contributed by atoms with Crippen LogP contribution in [0.2, 0.25) is 0 Å². The Morgan fingerprint density at radius 1 is 0.954 bits per heavy atom. The molecule has 2 amide bonds. The molecule has 1 fully saturated rings. The normalized spacial score (nSPS) is 20.7. The molecule has 0 bridgehead atoms. The Balaban J connectivity index is 1.35. The molecule has 1 saturated heterocycles. The lowest BCUT2D eigenvalue weighted by atomic mass is 9.87. The van der Waals surface area contributed by atoms with Gasteiger partial charge in [0.2, 0.25) is 16.9 Å². The number of aliphatic hydroxyl groups excluding tert-OH is 2. The fraction of sp³-hybridized carbons (Fsp3) is 0.622. The number of nitrogens with one attached hydrogen (secondary N) is 2. The van der Waals surface area contributed by atoms with E-state index in [-0.39, 0.29) is 41.6 Å². The highest BCUT2D eigenvalue weighted by molar-refractivity contribution is 8.14. The van der Waals surface area contributed by atoms with Crippen molar-refractivity contribution in [2.24, 2.45) is 5.41 Å². The van der Waals surface area contributed by atoms with Crippen molar-refractivity contribution in [3.8, 4) is 0 Å². The van der Waals surface area contributed by atoms with Crippen LogP contribution in [0.25, 0.3) is 11.2 Å².